The van der Waals surface area contributed by atoms with E-state index < -0.39 is 15.1 Å². The first kappa shape index (κ1) is 25.7. The van der Waals surface area contributed by atoms with Crippen molar-refractivity contribution in [3.8, 4) is 5.75 Å². The lowest BCUT2D eigenvalue weighted by atomic mass is 9.93. The molecule has 1 saturated heterocycles. The fraction of sp³-hybridized carbons (Fsp3) is 0.480. The molecule has 3 aromatic rings. The molecule has 0 spiro atoms. The number of rotatable bonds is 9. The minimum Gasteiger partial charge on any atom is -0.488 e. The minimum atomic E-state index is -3.62. The summed E-state index contributed by atoms with van der Waals surface area (Å²) in [5.74, 6) is 1.82. The zero-order valence-electron chi connectivity index (χ0n) is 21.4. The number of benzene rings is 1. The molecule has 1 aliphatic heterocycles. The predicted molar refractivity (Wildman–Crippen MR) is 144 cm³/mol. The van der Waals surface area contributed by atoms with Gasteiger partial charge in [0.1, 0.15) is 10.8 Å². The second-order valence-electron chi connectivity index (χ2n) is 9.97. The number of ether oxygens (including phenoxy) is 1. The van der Waals surface area contributed by atoms with Crippen molar-refractivity contribution in [2.24, 2.45) is 7.05 Å². The molecule has 0 radical (unpaired) electrons. The van der Waals surface area contributed by atoms with Crippen LogP contribution in [0.3, 0.4) is 0 Å². The van der Waals surface area contributed by atoms with Crippen molar-refractivity contribution in [2.75, 3.05) is 23.7 Å². The standard InChI is InChI=1S/C25H32ClN7O3S/c1-14(2)37(34,35)24-21(13-33(4)32-24)29-23-19(26)12-28-25(31-23)30-20-9-15(3)18(16-7-8-27-11-16)10-22(20)36-17-5-6-17/h9-10,12-14,16-17,27H,5-8,11H2,1-4H3,(H2,28,29,30,31). The molecule has 1 aliphatic carbocycles. The van der Waals surface area contributed by atoms with Crippen molar-refractivity contribution in [3.63, 3.8) is 0 Å². The Morgan fingerprint density at radius 1 is 1.19 bits per heavy atom. The Kier molecular flexibility index (Phi) is 7.03. The molecule has 5 rings (SSSR count). The lowest BCUT2D eigenvalue weighted by Gasteiger charge is -2.19. The third-order valence-corrected chi connectivity index (χ3v) is 8.97. The average Bonchev–Trinajstić information content (AvgIpc) is 3.33. The Labute approximate surface area is 222 Å². The quantitative estimate of drug-likeness (QED) is 0.357. The molecule has 0 bridgehead atoms. The number of hydrogen-bond acceptors (Lipinski definition) is 9. The van der Waals surface area contributed by atoms with E-state index in [1.807, 2.05) is 0 Å². The van der Waals surface area contributed by atoms with E-state index in [2.05, 4.69) is 50.1 Å². The molecule has 1 atom stereocenters. The molecule has 1 unspecified atom stereocenters. The number of nitrogens with zero attached hydrogens (tertiary/aromatic N) is 4. The van der Waals surface area contributed by atoms with Gasteiger partial charge in [-0.2, -0.15) is 10.1 Å². The van der Waals surface area contributed by atoms with Gasteiger partial charge in [-0.25, -0.2) is 13.4 Å². The maximum Gasteiger partial charge on any atom is 0.229 e. The summed E-state index contributed by atoms with van der Waals surface area (Å²) in [4.78, 5) is 8.89. The molecule has 1 saturated carbocycles. The Morgan fingerprint density at radius 3 is 2.65 bits per heavy atom. The summed E-state index contributed by atoms with van der Waals surface area (Å²) in [6, 6.07) is 4.21. The highest BCUT2D eigenvalue weighted by molar-refractivity contribution is 7.92. The summed E-state index contributed by atoms with van der Waals surface area (Å²) in [7, 11) is -1.96. The lowest BCUT2D eigenvalue weighted by molar-refractivity contribution is 0.304. The Balaban J connectivity index is 1.45. The number of anilines is 4. The van der Waals surface area contributed by atoms with Gasteiger partial charge in [0.25, 0.3) is 0 Å². The predicted octanol–water partition coefficient (Wildman–Crippen LogP) is 4.46. The molecule has 2 aliphatic rings. The summed E-state index contributed by atoms with van der Waals surface area (Å²) < 4.78 is 33.3. The molecule has 1 aromatic carbocycles. The average molecular weight is 546 g/mol. The van der Waals surface area contributed by atoms with Gasteiger partial charge in [-0.1, -0.05) is 11.6 Å². The van der Waals surface area contributed by atoms with E-state index >= 15 is 0 Å². The van der Waals surface area contributed by atoms with Crippen LogP contribution in [0.5, 0.6) is 5.75 Å². The smallest absolute Gasteiger partial charge is 0.229 e. The summed E-state index contributed by atoms with van der Waals surface area (Å²) >= 11 is 6.39. The van der Waals surface area contributed by atoms with E-state index in [9.17, 15) is 8.42 Å². The van der Waals surface area contributed by atoms with Gasteiger partial charge in [0, 0.05) is 19.8 Å². The summed E-state index contributed by atoms with van der Waals surface area (Å²) in [6.45, 7) is 7.33. The van der Waals surface area contributed by atoms with Crippen LogP contribution in [0.4, 0.5) is 23.1 Å². The van der Waals surface area contributed by atoms with Gasteiger partial charge in [-0.15, -0.1) is 0 Å². The van der Waals surface area contributed by atoms with Crippen molar-refractivity contribution in [1.82, 2.24) is 25.1 Å². The highest BCUT2D eigenvalue weighted by Gasteiger charge is 2.28. The maximum atomic E-state index is 12.8. The van der Waals surface area contributed by atoms with Gasteiger partial charge < -0.3 is 20.7 Å². The number of halogens is 1. The molecule has 2 aromatic heterocycles. The first-order valence-corrected chi connectivity index (χ1v) is 14.4. The molecule has 10 nitrogen and oxygen atoms in total. The number of aryl methyl sites for hydroxylation is 2. The number of nitrogens with one attached hydrogen (secondary N) is 3. The zero-order valence-corrected chi connectivity index (χ0v) is 22.9. The molecule has 12 heteroatoms. The van der Waals surface area contributed by atoms with E-state index in [0.29, 0.717) is 17.6 Å². The van der Waals surface area contributed by atoms with E-state index in [1.54, 1.807) is 27.1 Å². The van der Waals surface area contributed by atoms with Crippen LogP contribution in [0.25, 0.3) is 0 Å². The van der Waals surface area contributed by atoms with E-state index in [1.165, 1.54) is 22.0 Å². The van der Waals surface area contributed by atoms with Crippen molar-refractivity contribution in [3.05, 3.63) is 40.7 Å². The van der Waals surface area contributed by atoms with E-state index in [0.717, 1.165) is 43.8 Å². The minimum absolute atomic E-state index is 0.0538. The zero-order chi connectivity index (χ0) is 26.3. The van der Waals surface area contributed by atoms with Crippen LogP contribution in [-0.4, -0.2) is 52.6 Å². The fourth-order valence-electron chi connectivity index (χ4n) is 4.37. The second kappa shape index (κ2) is 10.1. The molecular weight excluding hydrogens is 514 g/mol. The Hall–Kier alpha value is -2.89. The molecular formula is C25H32ClN7O3S. The normalized spacial score (nSPS) is 17.8. The van der Waals surface area contributed by atoms with Gasteiger partial charge in [-0.3, -0.25) is 4.68 Å². The van der Waals surface area contributed by atoms with Gasteiger partial charge in [0.05, 0.1) is 28.9 Å². The highest BCUT2D eigenvalue weighted by atomic mass is 35.5. The Morgan fingerprint density at radius 2 is 1.97 bits per heavy atom. The monoisotopic (exact) mass is 545 g/mol. The number of aromatic nitrogens is 4. The van der Waals surface area contributed by atoms with Crippen LogP contribution in [0.15, 0.2) is 29.6 Å². The number of sulfone groups is 1. The van der Waals surface area contributed by atoms with Gasteiger partial charge in [-0.05, 0) is 75.8 Å². The SMILES string of the molecule is Cc1cc(Nc2ncc(Cl)c(Nc3cn(C)nc3S(=O)(=O)C(C)C)n2)c(OC2CC2)cc1C1CCNC1. The van der Waals surface area contributed by atoms with Crippen molar-refractivity contribution in [1.29, 1.82) is 0 Å². The summed E-state index contributed by atoms with van der Waals surface area (Å²) in [6.07, 6.45) is 6.49. The summed E-state index contributed by atoms with van der Waals surface area (Å²) in [5, 5.41) is 13.5. The van der Waals surface area contributed by atoms with Gasteiger partial charge >= 0.3 is 0 Å². The fourth-order valence-corrected chi connectivity index (χ4v) is 5.61. The van der Waals surface area contributed by atoms with E-state index in [-0.39, 0.29) is 22.0 Å². The third-order valence-electron chi connectivity index (χ3n) is 6.62. The van der Waals surface area contributed by atoms with Crippen LogP contribution in [0, 0.1) is 6.92 Å². The number of hydrogen-bond donors (Lipinski definition) is 3. The van der Waals surface area contributed by atoms with Crippen LogP contribution >= 0.6 is 11.6 Å². The highest BCUT2D eigenvalue weighted by Crippen LogP contribution is 2.39. The van der Waals surface area contributed by atoms with Crippen LogP contribution in [0.1, 0.15) is 50.2 Å². The molecule has 3 heterocycles. The molecule has 37 heavy (non-hydrogen) atoms. The van der Waals surface area contributed by atoms with Crippen LogP contribution < -0.4 is 20.7 Å². The van der Waals surface area contributed by atoms with Crippen molar-refractivity contribution >= 4 is 44.6 Å². The van der Waals surface area contributed by atoms with Crippen molar-refractivity contribution < 1.29 is 13.2 Å². The lowest BCUT2D eigenvalue weighted by Crippen LogP contribution is -2.16. The molecule has 0 amide bonds. The van der Waals surface area contributed by atoms with Crippen LogP contribution in [0.2, 0.25) is 5.02 Å². The summed E-state index contributed by atoms with van der Waals surface area (Å²) in [5.41, 5.74) is 3.54. The topological polar surface area (TPSA) is 123 Å². The maximum absolute atomic E-state index is 12.8. The van der Waals surface area contributed by atoms with Gasteiger partial charge in [0.2, 0.25) is 20.8 Å². The van der Waals surface area contributed by atoms with Crippen LogP contribution in [-0.2, 0) is 16.9 Å². The van der Waals surface area contributed by atoms with Crippen molar-refractivity contribution in [2.45, 2.75) is 62.3 Å². The van der Waals surface area contributed by atoms with E-state index in [4.69, 9.17) is 16.3 Å². The first-order chi connectivity index (χ1) is 17.6. The second-order valence-corrected chi connectivity index (χ2v) is 12.8. The molecule has 198 valence electrons. The third kappa shape index (κ3) is 5.53. The largest absolute Gasteiger partial charge is 0.488 e. The van der Waals surface area contributed by atoms with Gasteiger partial charge in [0.15, 0.2) is 5.82 Å². The molecule has 2 fully saturated rings. The Bertz CT molecular complexity index is 1410. The first-order valence-electron chi connectivity index (χ1n) is 12.5. The molecule has 3 N–H and O–H groups in total.